The number of carbonyl (C=O) groups is 1. The molecule has 6 nitrogen and oxygen atoms in total. The predicted octanol–water partition coefficient (Wildman–Crippen LogP) is -0.0655. The molecule has 2 heterocycles. The van der Waals surface area contributed by atoms with Gasteiger partial charge in [0.25, 0.3) is 0 Å². The van der Waals surface area contributed by atoms with Gasteiger partial charge in [0.2, 0.25) is 0 Å². The third kappa shape index (κ3) is 2.74. The molecule has 0 unspecified atom stereocenters. The Morgan fingerprint density at radius 2 is 2.50 bits per heavy atom. The Balaban J connectivity index is 1.99. The van der Waals surface area contributed by atoms with E-state index < -0.39 is 5.97 Å². The molecule has 16 heavy (non-hydrogen) atoms. The molecule has 0 spiro atoms. The molecule has 86 valence electrons. The average Bonchev–Trinajstić information content (AvgIpc) is 2.30. The van der Waals surface area contributed by atoms with Gasteiger partial charge in [-0.3, -0.25) is 19.7 Å². The van der Waals surface area contributed by atoms with Crippen LogP contribution in [0.4, 0.5) is 0 Å². The van der Waals surface area contributed by atoms with Gasteiger partial charge in [-0.1, -0.05) is 0 Å². The molecule has 0 aromatic carbocycles. The predicted molar refractivity (Wildman–Crippen MR) is 54.8 cm³/mol. The number of aliphatic carboxylic acids is 1. The fraction of sp³-hybridized carbons (Fsp3) is 0.500. The first-order valence-corrected chi connectivity index (χ1v) is 5.07. The number of ether oxygens (including phenoxy) is 1. The fourth-order valence-corrected chi connectivity index (χ4v) is 1.69. The van der Waals surface area contributed by atoms with Crippen molar-refractivity contribution in [2.24, 2.45) is 0 Å². The lowest BCUT2D eigenvalue weighted by atomic mass is 10.2. The van der Waals surface area contributed by atoms with Gasteiger partial charge in [-0.2, -0.15) is 0 Å². The standard InChI is InChI=1S/C10H13N3O3/c14-10(15)7-13-3-4-16-9(6-13)8-5-11-1-2-12-8/h1-2,5,9H,3-4,6-7H2,(H,14,15)/t9-/m1/s1. The van der Waals surface area contributed by atoms with Crippen LogP contribution in [0, 0.1) is 0 Å². The van der Waals surface area contributed by atoms with Gasteiger partial charge in [0.15, 0.2) is 0 Å². The molecule has 6 heteroatoms. The highest BCUT2D eigenvalue weighted by Gasteiger charge is 2.24. The quantitative estimate of drug-likeness (QED) is 0.773. The molecule has 1 aromatic rings. The second-order valence-electron chi connectivity index (χ2n) is 3.62. The van der Waals surface area contributed by atoms with Gasteiger partial charge in [0.1, 0.15) is 6.10 Å². The third-order valence-electron chi connectivity index (χ3n) is 2.42. The molecule has 0 amide bonds. The summed E-state index contributed by atoms with van der Waals surface area (Å²) in [4.78, 5) is 20.6. The zero-order valence-corrected chi connectivity index (χ0v) is 8.74. The van der Waals surface area contributed by atoms with E-state index in [-0.39, 0.29) is 12.6 Å². The van der Waals surface area contributed by atoms with Crippen LogP contribution in [-0.4, -0.2) is 52.2 Å². The minimum atomic E-state index is -0.820. The van der Waals surface area contributed by atoms with Crippen LogP contribution in [0.2, 0.25) is 0 Å². The molecule has 1 atom stereocenters. The lowest BCUT2D eigenvalue weighted by Gasteiger charge is -2.31. The summed E-state index contributed by atoms with van der Waals surface area (Å²) in [7, 11) is 0. The van der Waals surface area contributed by atoms with E-state index in [0.717, 1.165) is 5.69 Å². The van der Waals surface area contributed by atoms with E-state index in [4.69, 9.17) is 9.84 Å². The summed E-state index contributed by atoms with van der Waals surface area (Å²) >= 11 is 0. The van der Waals surface area contributed by atoms with Gasteiger partial charge in [0, 0.05) is 25.5 Å². The van der Waals surface area contributed by atoms with Crippen LogP contribution >= 0.6 is 0 Å². The minimum Gasteiger partial charge on any atom is -0.480 e. The molecule has 1 aliphatic rings. The Labute approximate surface area is 92.9 Å². The molecular formula is C10H13N3O3. The summed E-state index contributed by atoms with van der Waals surface area (Å²) in [5, 5.41) is 8.71. The van der Waals surface area contributed by atoms with Gasteiger partial charge in [-0.05, 0) is 0 Å². The lowest BCUT2D eigenvalue weighted by Crippen LogP contribution is -2.41. The van der Waals surface area contributed by atoms with Gasteiger partial charge in [-0.25, -0.2) is 0 Å². The molecule has 1 aromatic heterocycles. The van der Waals surface area contributed by atoms with E-state index in [1.165, 1.54) is 0 Å². The zero-order valence-electron chi connectivity index (χ0n) is 8.74. The monoisotopic (exact) mass is 223 g/mol. The number of morpholine rings is 1. The maximum Gasteiger partial charge on any atom is 0.317 e. The summed E-state index contributed by atoms with van der Waals surface area (Å²) < 4.78 is 5.54. The Bertz CT molecular complexity index is 358. The van der Waals surface area contributed by atoms with Crippen molar-refractivity contribution in [3.05, 3.63) is 24.3 Å². The Morgan fingerprint density at radius 1 is 1.62 bits per heavy atom. The number of carboxylic acid groups (broad SMARTS) is 1. The van der Waals surface area contributed by atoms with Crippen molar-refractivity contribution >= 4 is 5.97 Å². The molecule has 1 N–H and O–H groups in total. The molecule has 2 rings (SSSR count). The maximum absolute atomic E-state index is 10.6. The van der Waals surface area contributed by atoms with E-state index >= 15 is 0 Å². The first kappa shape index (κ1) is 11.0. The number of hydrogen-bond acceptors (Lipinski definition) is 5. The zero-order chi connectivity index (χ0) is 11.4. The summed E-state index contributed by atoms with van der Waals surface area (Å²) in [6, 6.07) is 0. The normalized spacial score (nSPS) is 21.9. The summed E-state index contributed by atoms with van der Waals surface area (Å²) in [6.07, 6.45) is 4.67. The molecular weight excluding hydrogens is 210 g/mol. The second kappa shape index (κ2) is 5.00. The van der Waals surface area contributed by atoms with Crippen molar-refractivity contribution in [1.29, 1.82) is 0 Å². The molecule has 1 fully saturated rings. The van der Waals surface area contributed by atoms with Crippen molar-refractivity contribution < 1.29 is 14.6 Å². The van der Waals surface area contributed by atoms with E-state index in [9.17, 15) is 4.79 Å². The maximum atomic E-state index is 10.6. The first-order valence-electron chi connectivity index (χ1n) is 5.07. The summed E-state index contributed by atoms with van der Waals surface area (Å²) in [5.41, 5.74) is 0.748. The number of aromatic nitrogens is 2. The van der Waals surface area contributed by atoms with Crippen molar-refractivity contribution in [2.75, 3.05) is 26.2 Å². The number of hydrogen-bond donors (Lipinski definition) is 1. The van der Waals surface area contributed by atoms with Crippen molar-refractivity contribution in [1.82, 2.24) is 14.9 Å². The number of nitrogens with zero attached hydrogens (tertiary/aromatic N) is 3. The van der Waals surface area contributed by atoms with Crippen LogP contribution in [0.25, 0.3) is 0 Å². The minimum absolute atomic E-state index is 0.0418. The number of rotatable bonds is 3. The molecule has 1 saturated heterocycles. The Morgan fingerprint density at radius 3 is 3.19 bits per heavy atom. The average molecular weight is 223 g/mol. The summed E-state index contributed by atoms with van der Waals surface area (Å²) in [5.74, 6) is -0.820. The highest BCUT2D eigenvalue weighted by atomic mass is 16.5. The third-order valence-corrected chi connectivity index (χ3v) is 2.42. The van der Waals surface area contributed by atoms with E-state index in [2.05, 4.69) is 9.97 Å². The van der Waals surface area contributed by atoms with E-state index in [0.29, 0.717) is 19.7 Å². The number of carboxylic acids is 1. The van der Waals surface area contributed by atoms with Crippen molar-refractivity contribution in [3.63, 3.8) is 0 Å². The first-order chi connectivity index (χ1) is 7.75. The van der Waals surface area contributed by atoms with Crippen LogP contribution in [0.15, 0.2) is 18.6 Å². The lowest BCUT2D eigenvalue weighted by molar-refractivity contribution is -0.140. The molecule has 1 aliphatic heterocycles. The van der Waals surface area contributed by atoms with Gasteiger partial charge in [-0.15, -0.1) is 0 Å². The van der Waals surface area contributed by atoms with Crippen LogP contribution < -0.4 is 0 Å². The Kier molecular flexibility index (Phi) is 3.43. The molecule has 0 radical (unpaired) electrons. The molecule has 0 aliphatic carbocycles. The van der Waals surface area contributed by atoms with Crippen molar-refractivity contribution in [2.45, 2.75) is 6.10 Å². The fourth-order valence-electron chi connectivity index (χ4n) is 1.69. The smallest absolute Gasteiger partial charge is 0.317 e. The van der Waals surface area contributed by atoms with Gasteiger partial charge < -0.3 is 9.84 Å². The highest BCUT2D eigenvalue weighted by Crippen LogP contribution is 2.18. The SMILES string of the molecule is O=C(O)CN1CCO[C@@H](c2cnccn2)C1. The topological polar surface area (TPSA) is 75.5 Å². The van der Waals surface area contributed by atoms with Crippen LogP contribution in [-0.2, 0) is 9.53 Å². The van der Waals surface area contributed by atoms with Gasteiger partial charge >= 0.3 is 5.97 Å². The highest BCUT2D eigenvalue weighted by molar-refractivity contribution is 5.69. The second-order valence-corrected chi connectivity index (χ2v) is 3.62. The summed E-state index contributed by atoms with van der Waals surface area (Å²) in [6.45, 7) is 1.75. The largest absolute Gasteiger partial charge is 0.480 e. The van der Waals surface area contributed by atoms with E-state index in [1.807, 2.05) is 4.90 Å². The van der Waals surface area contributed by atoms with Crippen LogP contribution in [0.3, 0.4) is 0 Å². The Hall–Kier alpha value is -1.53. The van der Waals surface area contributed by atoms with E-state index in [1.54, 1.807) is 18.6 Å². The van der Waals surface area contributed by atoms with Gasteiger partial charge in [0.05, 0.1) is 25.0 Å². The molecule has 0 saturated carbocycles. The van der Waals surface area contributed by atoms with Crippen molar-refractivity contribution in [3.8, 4) is 0 Å². The molecule has 0 bridgehead atoms. The van der Waals surface area contributed by atoms with Crippen LogP contribution in [0.1, 0.15) is 11.8 Å². The van der Waals surface area contributed by atoms with Crippen LogP contribution in [0.5, 0.6) is 0 Å².